The Morgan fingerprint density at radius 2 is 1.93 bits per heavy atom. The van der Waals surface area contributed by atoms with E-state index in [1.165, 1.54) is 6.08 Å². The van der Waals surface area contributed by atoms with Crippen LogP contribution in [0.15, 0.2) is 36.0 Å². The smallest absolute Gasteiger partial charge is 0.356 e. The monoisotopic (exact) mass is 397 g/mol. The highest BCUT2D eigenvalue weighted by Gasteiger charge is 2.22. The molecule has 0 radical (unpaired) electrons. The van der Waals surface area contributed by atoms with Gasteiger partial charge in [-0.3, -0.25) is 20.4 Å². The van der Waals surface area contributed by atoms with Crippen LogP contribution >= 0.6 is 0 Å². The lowest BCUT2D eigenvalue weighted by atomic mass is 10.1. The molecule has 3 heterocycles. The lowest BCUT2D eigenvalue weighted by molar-refractivity contribution is -0.138. The number of hydrazine groups is 1. The summed E-state index contributed by atoms with van der Waals surface area (Å²) in [6.07, 6.45) is 1.49. The molecule has 2 N–H and O–H groups in total. The van der Waals surface area contributed by atoms with Gasteiger partial charge in [-0.1, -0.05) is 0 Å². The summed E-state index contributed by atoms with van der Waals surface area (Å²) in [7, 11) is 0. The van der Waals surface area contributed by atoms with Crippen molar-refractivity contribution in [3.05, 3.63) is 53.0 Å². The summed E-state index contributed by atoms with van der Waals surface area (Å²) < 4.78 is 17.8. The average molecular weight is 397 g/mol. The number of carbonyl (C=O) groups is 3. The Labute approximate surface area is 166 Å². The minimum atomic E-state index is -0.706. The number of aryl methyl sites for hydroxylation is 1. The number of amides is 1. The zero-order valence-corrected chi connectivity index (χ0v) is 15.9. The van der Waals surface area contributed by atoms with E-state index in [-0.39, 0.29) is 30.6 Å². The first kappa shape index (κ1) is 18.6. The van der Waals surface area contributed by atoms with E-state index in [1.807, 2.05) is 36.6 Å². The summed E-state index contributed by atoms with van der Waals surface area (Å²) in [6.45, 7) is 3.50. The molecule has 4 rings (SSSR count). The molecule has 0 saturated heterocycles. The zero-order chi connectivity index (χ0) is 20.5. The Balaban J connectivity index is 1.49. The zero-order valence-electron chi connectivity index (χ0n) is 15.9. The topological polar surface area (TPSA) is 108 Å². The van der Waals surface area contributed by atoms with Crippen LogP contribution in [-0.2, 0) is 14.3 Å². The summed E-state index contributed by atoms with van der Waals surface area (Å²) in [4.78, 5) is 35.8. The number of hydrogen-bond acceptors (Lipinski definition) is 7. The Bertz CT molecular complexity index is 1050. The number of Topliss-reactive ketones (excluding diaryl/α,β-unsaturated/α-hetero) is 1. The van der Waals surface area contributed by atoms with Crippen LogP contribution < -0.4 is 20.3 Å². The minimum Gasteiger partial charge on any atom is -0.454 e. The van der Waals surface area contributed by atoms with Crippen LogP contribution in [0.25, 0.3) is 5.69 Å². The van der Waals surface area contributed by atoms with E-state index < -0.39 is 12.6 Å². The molecule has 2 aliphatic rings. The fourth-order valence-electron chi connectivity index (χ4n) is 3.32. The number of fused-ring (bicyclic) bond motifs is 1. The molecule has 9 heteroatoms. The predicted molar refractivity (Wildman–Crippen MR) is 101 cm³/mol. The van der Waals surface area contributed by atoms with Crippen molar-refractivity contribution in [3.63, 3.8) is 0 Å². The van der Waals surface area contributed by atoms with Gasteiger partial charge >= 0.3 is 5.97 Å². The number of carbonyl (C=O) groups excluding carboxylic acids is 3. The lowest BCUT2D eigenvalue weighted by Crippen LogP contribution is -2.42. The van der Waals surface area contributed by atoms with Crippen molar-refractivity contribution in [2.24, 2.45) is 0 Å². The van der Waals surface area contributed by atoms with Gasteiger partial charge in [0.1, 0.15) is 5.70 Å². The van der Waals surface area contributed by atoms with E-state index in [0.717, 1.165) is 17.1 Å². The molecule has 0 atom stereocenters. The molecule has 0 spiro atoms. The number of ether oxygens (including phenoxy) is 3. The Hall–Kier alpha value is -3.75. The number of ketones is 1. The van der Waals surface area contributed by atoms with Gasteiger partial charge < -0.3 is 18.8 Å². The molecule has 0 aliphatic carbocycles. The molecular weight excluding hydrogens is 378 g/mol. The molecule has 0 unspecified atom stereocenters. The second-order valence-corrected chi connectivity index (χ2v) is 6.65. The van der Waals surface area contributed by atoms with Gasteiger partial charge in [-0.25, -0.2) is 4.79 Å². The molecule has 1 aromatic heterocycles. The lowest BCUT2D eigenvalue weighted by Gasteiger charge is -2.15. The fraction of sp³-hybridized carbons (Fsp3) is 0.250. The van der Waals surface area contributed by atoms with Gasteiger partial charge in [0.2, 0.25) is 18.5 Å². The average Bonchev–Trinajstić information content (AvgIpc) is 3.29. The normalized spacial score (nSPS) is 14.7. The standard InChI is InChI=1S/C20H19N3O6/c1-11-7-14(16(24)9-27-20(26)15-4-6-19(25)22-21-15)12(2)23(11)13-3-5-17-18(8-13)29-10-28-17/h3-5,7-8,21H,6,9-10H2,1-2H3,(H,22,25). The van der Waals surface area contributed by atoms with Gasteiger partial charge in [0.15, 0.2) is 18.1 Å². The third-order valence-corrected chi connectivity index (χ3v) is 4.73. The summed E-state index contributed by atoms with van der Waals surface area (Å²) in [5.74, 6) is 0.0498. The summed E-state index contributed by atoms with van der Waals surface area (Å²) in [6, 6.07) is 7.32. The van der Waals surface area contributed by atoms with Crippen molar-refractivity contribution < 1.29 is 28.6 Å². The molecule has 0 fully saturated rings. The summed E-state index contributed by atoms with van der Waals surface area (Å²) in [5.41, 5.74) is 7.76. The molecule has 29 heavy (non-hydrogen) atoms. The quantitative estimate of drug-likeness (QED) is 0.581. The second kappa shape index (κ2) is 7.34. The van der Waals surface area contributed by atoms with E-state index in [9.17, 15) is 14.4 Å². The maximum atomic E-state index is 12.6. The molecule has 2 aliphatic heterocycles. The highest BCUT2D eigenvalue weighted by atomic mass is 16.7. The first-order valence-electron chi connectivity index (χ1n) is 8.98. The van der Waals surface area contributed by atoms with Crippen LogP contribution in [0.5, 0.6) is 11.5 Å². The second-order valence-electron chi connectivity index (χ2n) is 6.65. The number of rotatable bonds is 5. The van der Waals surface area contributed by atoms with E-state index >= 15 is 0 Å². The number of hydrogen-bond donors (Lipinski definition) is 2. The number of esters is 1. The van der Waals surface area contributed by atoms with Crippen molar-refractivity contribution in [2.45, 2.75) is 20.3 Å². The molecule has 0 saturated carbocycles. The third kappa shape index (κ3) is 3.54. The number of nitrogens with one attached hydrogen (secondary N) is 2. The molecule has 9 nitrogen and oxygen atoms in total. The van der Waals surface area contributed by atoms with E-state index in [2.05, 4.69) is 10.9 Å². The summed E-state index contributed by atoms with van der Waals surface area (Å²) in [5, 5.41) is 0. The third-order valence-electron chi connectivity index (χ3n) is 4.73. The molecule has 0 bridgehead atoms. The fourth-order valence-corrected chi connectivity index (χ4v) is 3.32. The van der Waals surface area contributed by atoms with Gasteiger partial charge in [-0.05, 0) is 38.1 Å². The van der Waals surface area contributed by atoms with Crippen LogP contribution in [0.3, 0.4) is 0 Å². The maximum Gasteiger partial charge on any atom is 0.356 e. The Morgan fingerprint density at radius 3 is 2.69 bits per heavy atom. The van der Waals surface area contributed by atoms with E-state index in [1.54, 1.807) is 6.07 Å². The van der Waals surface area contributed by atoms with Crippen molar-refractivity contribution >= 4 is 17.7 Å². The molecule has 1 amide bonds. The van der Waals surface area contributed by atoms with Gasteiger partial charge in [-0.2, -0.15) is 0 Å². The van der Waals surface area contributed by atoms with Crippen LogP contribution in [0.2, 0.25) is 0 Å². The van der Waals surface area contributed by atoms with Crippen molar-refractivity contribution in [2.75, 3.05) is 13.4 Å². The van der Waals surface area contributed by atoms with Crippen LogP contribution in [-0.4, -0.2) is 35.6 Å². The van der Waals surface area contributed by atoms with Gasteiger partial charge in [0, 0.05) is 35.1 Å². The SMILES string of the molecule is Cc1cc(C(=O)COC(=O)C2=CCC(=O)NN2)c(C)n1-c1ccc2c(c1)OCO2. The highest BCUT2D eigenvalue weighted by Crippen LogP contribution is 2.34. The largest absolute Gasteiger partial charge is 0.454 e. The predicted octanol–water partition coefficient (Wildman–Crippen LogP) is 1.46. The van der Waals surface area contributed by atoms with E-state index in [0.29, 0.717) is 17.1 Å². The van der Waals surface area contributed by atoms with Crippen LogP contribution in [0.4, 0.5) is 0 Å². The Morgan fingerprint density at radius 1 is 1.14 bits per heavy atom. The number of aromatic nitrogens is 1. The van der Waals surface area contributed by atoms with Crippen LogP contribution in [0.1, 0.15) is 28.2 Å². The van der Waals surface area contributed by atoms with Crippen molar-refractivity contribution in [3.8, 4) is 17.2 Å². The molecule has 150 valence electrons. The number of nitrogens with zero attached hydrogens (tertiary/aromatic N) is 1. The summed E-state index contributed by atoms with van der Waals surface area (Å²) >= 11 is 0. The van der Waals surface area contributed by atoms with Crippen molar-refractivity contribution in [1.29, 1.82) is 0 Å². The maximum absolute atomic E-state index is 12.6. The Kier molecular flexibility index (Phi) is 4.71. The first-order chi connectivity index (χ1) is 13.9. The van der Waals surface area contributed by atoms with Gasteiger partial charge in [0.05, 0.1) is 0 Å². The molecule has 2 aromatic rings. The van der Waals surface area contributed by atoms with Crippen LogP contribution in [0, 0.1) is 13.8 Å². The first-order valence-corrected chi connectivity index (χ1v) is 8.98. The van der Waals surface area contributed by atoms with Gasteiger partial charge in [0.25, 0.3) is 0 Å². The molecular formula is C20H19N3O6. The highest BCUT2D eigenvalue weighted by molar-refractivity contribution is 6.00. The minimum absolute atomic E-state index is 0.0715. The molecule has 1 aromatic carbocycles. The van der Waals surface area contributed by atoms with Crippen molar-refractivity contribution in [1.82, 2.24) is 15.4 Å². The van der Waals surface area contributed by atoms with Gasteiger partial charge in [-0.15, -0.1) is 0 Å². The number of benzene rings is 1. The van der Waals surface area contributed by atoms with E-state index in [4.69, 9.17) is 14.2 Å².